The van der Waals surface area contributed by atoms with E-state index in [1.807, 2.05) is 158 Å². The molecule has 2 N–H and O–H groups in total. The summed E-state index contributed by atoms with van der Waals surface area (Å²) in [5, 5.41) is 23.7. The lowest BCUT2D eigenvalue weighted by Gasteiger charge is -2.41. The Balaban J connectivity index is 1.34. The highest BCUT2D eigenvalue weighted by Crippen LogP contribution is 2.48. The predicted molar refractivity (Wildman–Crippen MR) is 255 cm³/mol. The molecule has 12 nitrogen and oxygen atoms in total. The van der Waals surface area contributed by atoms with E-state index in [-0.39, 0.29) is 24.6 Å². The molecule has 12 heteroatoms. The van der Waals surface area contributed by atoms with Gasteiger partial charge in [0.1, 0.15) is 58.3 Å². The van der Waals surface area contributed by atoms with Gasteiger partial charge in [0.25, 0.3) is 5.56 Å². The van der Waals surface area contributed by atoms with Crippen LogP contribution in [-0.2, 0) is 25.4 Å². The van der Waals surface area contributed by atoms with E-state index in [1.165, 1.54) is 22.9 Å². The van der Waals surface area contributed by atoms with Crippen molar-refractivity contribution in [2.75, 3.05) is 35.0 Å². The monoisotopic (exact) mass is 902 g/mol. The number of hydrogen-bond donors (Lipinski definition) is 2. The highest BCUT2D eigenvalue weighted by atomic mass is 16.6. The van der Waals surface area contributed by atoms with Crippen LogP contribution < -0.4 is 24.5 Å². The zero-order valence-corrected chi connectivity index (χ0v) is 38.0. The zero-order chi connectivity index (χ0) is 47.0. The molecule has 4 atom stereocenters. The molecular weight excluding hydrogens is 849 g/mol. The molecule has 0 bridgehead atoms. The van der Waals surface area contributed by atoms with Crippen molar-refractivity contribution < 1.29 is 43.4 Å². The summed E-state index contributed by atoms with van der Waals surface area (Å²) in [7, 11) is 6.46. The summed E-state index contributed by atoms with van der Waals surface area (Å²) in [6, 6.07) is 51.6. The molecule has 344 valence electrons. The minimum absolute atomic E-state index is 0.0132. The largest absolute Gasteiger partial charge is 0.512 e. The van der Waals surface area contributed by atoms with Gasteiger partial charge in [-0.3, -0.25) is 4.79 Å². The van der Waals surface area contributed by atoms with Crippen LogP contribution in [0.25, 0.3) is 6.08 Å². The maximum absolute atomic E-state index is 12.9. The van der Waals surface area contributed by atoms with Crippen molar-refractivity contribution in [3.63, 3.8) is 0 Å². The van der Waals surface area contributed by atoms with Gasteiger partial charge in [0.15, 0.2) is 6.23 Å². The summed E-state index contributed by atoms with van der Waals surface area (Å²) in [5.41, 5.74) is 1.44. The van der Waals surface area contributed by atoms with Gasteiger partial charge in [-0.15, -0.1) is 0 Å². The third-order valence-corrected chi connectivity index (χ3v) is 12.2. The second-order valence-electron chi connectivity index (χ2n) is 16.0. The van der Waals surface area contributed by atoms with Crippen LogP contribution in [0.15, 0.2) is 181 Å². The Labute approximate surface area is 390 Å². The highest BCUT2D eigenvalue weighted by Gasteiger charge is 2.52. The molecule has 67 heavy (non-hydrogen) atoms. The summed E-state index contributed by atoms with van der Waals surface area (Å²) in [6.45, 7) is 1.64. The van der Waals surface area contributed by atoms with Crippen molar-refractivity contribution in [2.24, 2.45) is 0 Å². The number of nitrogens with zero attached hydrogens (tertiary/aromatic N) is 2. The normalized spacial score (nSPS) is 17.5. The zero-order valence-electron chi connectivity index (χ0n) is 38.0. The van der Waals surface area contributed by atoms with Crippen LogP contribution in [-0.4, -0.2) is 73.1 Å². The molecule has 6 aromatic carbocycles. The molecule has 8 rings (SSSR count). The average molecular weight is 903 g/mol. The van der Waals surface area contributed by atoms with Gasteiger partial charge in [-0.05, 0) is 81.9 Å². The van der Waals surface area contributed by atoms with Crippen molar-refractivity contribution in [1.82, 2.24) is 9.55 Å². The van der Waals surface area contributed by atoms with E-state index < -0.39 is 41.3 Å². The average Bonchev–Trinajstić information content (AvgIpc) is 3.69. The number of allylic oxidation sites excluding steroid dienone is 1. The van der Waals surface area contributed by atoms with Gasteiger partial charge in [-0.2, -0.15) is 4.98 Å². The number of aliphatic hydroxyl groups is 2. The lowest BCUT2D eigenvalue weighted by molar-refractivity contribution is -0.131. The fraction of sp³-hybridized carbons (Fsp3) is 0.236. The van der Waals surface area contributed by atoms with Crippen LogP contribution in [0.2, 0.25) is 0 Å². The Morgan fingerprint density at radius 3 is 1.43 bits per heavy atom. The minimum Gasteiger partial charge on any atom is -0.512 e. The maximum Gasteiger partial charge on any atom is 0.273 e. The number of hydrogen-bond acceptors (Lipinski definition) is 11. The van der Waals surface area contributed by atoms with E-state index in [1.54, 1.807) is 35.4 Å². The SMILES string of the molecule is CC/C(O)=C/c1nc(=O)ccn1[C@@H]1O[C@H](COC(c2ccccc2)(c2ccc(OC)cc2)c2ccc(OC)cc2)[C@@H](OC(c2ccccc2)(c2ccc(OC)cc2)c2ccc(OC)cc2)[C@@H]1O. The van der Waals surface area contributed by atoms with E-state index in [0.29, 0.717) is 23.0 Å². The summed E-state index contributed by atoms with van der Waals surface area (Å²) in [4.78, 5) is 17.0. The molecule has 0 amide bonds. The Bertz CT molecular complexity index is 2690. The highest BCUT2D eigenvalue weighted by molar-refractivity contribution is 5.52. The number of aromatic nitrogens is 2. The second-order valence-corrected chi connectivity index (χ2v) is 16.0. The molecule has 0 saturated carbocycles. The third-order valence-electron chi connectivity index (χ3n) is 12.2. The Hall–Kier alpha value is -7.22. The molecule has 1 aliphatic heterocycles. The molecule has 1 aromatic heterocycles. The first-order valence-electron chi connectivity index (χ1n) is 22.0. The van der Waals surface area contributed by atoms with Crippen molar-refractivity contribution in [1.29, 1.82) is 0 Å². The number of methoxy groups -OCH3 is 4. The summed E-state index contributed by atoms with van der Waals surface area (Å²) in [5.74, 6) is 2.70. The van der Waals surface area contributed by atoms with E-state index >= 15 is 0 Å². The van der Waals surface area contributed by atoms with Crippen LogP contribution in [0.1, 0.15) is 58.8 Å². The van der Waals surface area contributed by atoms with Gasteiger partial charge in [0.05, 0.1) is 40.8 Å². The molecule has 0 aliphatic carbocycles. The topological polar surface area (TPSA) is 140 Å². The molecule has 0 spiro atoms. The summed E-state index contributed by atoms with van der Waals surface area (Å²) < 4.78 is 46.0. The molecule has 1 saturated heterocycles. The van der Waals surface area contributed by atoms with Crippen molar-refractivity contribution in [3.05, 3.63) is 225 Å². The van der Waals surface area contributed by atoms with Crippen LogP contribution in [0.4, 0.5) is 0 Å². The van der Waals surface area contributed by atoms with Gasteiger partial charge in [-0.25, -0.2) is 0 Å². The number of rotatable bonds is 18. The molecule has 7 aromatic rings. The smallest absolute Gasteiger partial charge is 0.273 e. The van der Waals surface area contributed by atoms with Gasteiger partial charge in [0, 0.05) is 24.8 Å². The molecule has 0 radical (unpaired) electrons. The van der Waals surface area contributed by atoms with E-state index in [4.69, 9.17) is 33.2 Å². The van der Waals surface area contributed by atoms with Crippen molar-refractivity contribution in [2.45, 2.75) is 49.1 Å². The van der Waals surface area contributed by atoms with Crippen LogP contribution >= 0.6 is 0 Å². The lowest BCUT2D eigenvalue weighted by Crippen LogP contribution is -2.46. The summed E-state index contributed by atoms with van der Waals surface area (Å²) >= 11 is 0. The minimum atomic E-state index is -1.42. The van der Waals surface area contributed by atoms with Gasteiger partial charge in [-0.1, -0.05) is 116 Å². The van der Waals surface area contributed by atoms with E-state index in [9.17, 15) is 15.0 Å². The Kier molecular flexibility index (Phi) is 14.2. The fourth-order valence-electron chi connectivity index (χ4n) is 8.74. The van der Waals surface area contributed by atoms with Crippen molar-refractivity contribution >= 4 is 6.08 Å². The lowest BCUT2D eigenvalue weighted by atomic mass is 9.79. The fourth-order valence-corrected chi connectivity index (χ4v) is 8.74. The van der Waals surface area contributed by atoms with E-state index in [0.717, 1.165) is 33.4 Å². The van der Waals surface area contributed by atoms with Crippen molar-refractivity contribution in [3.8, 4) is 23.0 Å². The quantitative estimate of drug-likeness (QED) is 0.0630. The first-order valence-corrected chi connectivity index (χ1v) is 22.0. The first-order chi connectivity index (χ1) is 32.7. The maximum atomic E-state index is 12.9. The molecule has 1 fully saturated rings. The first kappa shape index (κ1) is 46.3. The summed E-state index contributed by atoms with van der Waals surface area (Å²) in [6.07, 6.45) is -1.58. The molecule has 2 heterocycles. The van der Waals surface area contributed by atoms with Gasteiger partial charge < -0.3 is 47.9 Å². The standard InChI is InChI=1S/C55H54N2O10/c1-6-43(58)35-49-56-50(59)33-34-57(49)53-51(60)52(67-55(38-15-11-8-12-16-38,41-21-29-46(63-4)30-22-41)42-23-31-47(64-5)32-24-42)48(66-53)36-65-54(37-13-9-7-10-14-37,39-17-25-44(61-2)26-18-39)40-19-27-45(62-3)28-20-40/h7-35,48,51-53,58,60H,6,36H2,1-5H3/b43-35-/t48-,51+,52-,53-/m1/s1. The third kappa shape index (κ3) is 9.30. The van der Waals surface area contributed by atoms with Crippen LogP contribution in [0.5, 0.6) is 23.0 Å². The van der Waals surface area contributed by atoms with Gasteiger partial charge >= 0.3 is 0 Å². The van der Waals surface area contributed by atoms with E-state index in [2.05, 4.69) is 4.98 Å². The molecule has 1 aliphatic rings. The molecular formula is C55H54N2O10. The number of ether oxygens (including phenoxy) is 7. The number of benzene rings is 6. The van der Waals surface area contributed by atoms with Gasteiger partial charge in [0.2, 0.25) is 0 Å². The van der Waals surface area contributed by atoms with Crippen LogP contribution in [0.3, 0.4) is 0 Å². The number of aliphatic hydroxyl groups excluding tert-OH is 2. The second kappa shape index (κ2) is 20.5. The predicted octanol–water partition coefficient (Wildman–Crippen LogP) is 9.23. The van der Waals surface area contributed by atoms with Crippen LogP contribution in [0, 0.1) is 0 Å². The Morgan fingerprint density at radius 1 is 0.612 bits per heavy atom. The molecule has 0 unspecified atom stereocenters. The Morgan fingerprint density at radius 2 is 1.01 bits per heavy atom.